The Labute approximate surface area is 119 Å². The number of nitrogens with one attached hydrogen (secondary N) is 1. The van der Waals surface area contributed by atoms with Gasteiger partial charge in [0.05, 0.1) is 5.52 Å². The highest BCUT2D eigenvalue weighted by molar-refractivity contribution is 8.00. The van der Waals surface area contributed by atoms with Gasteiger partial charge in [0.25, 0.3) is 0 Å². The summed E-state index contributed by atoms with van der Waals surface area (Å²) in [5, 5.41) is 5.68. The second-order valence-electron chi connectivity index (χ2n) is 5.00. The van der Waals surface area contributed by atoms with Crippen molar-refractivity contribution in [2.24, 2.45) is 0 Å². The van der Waals surface area contributed by atoms with Gasteiger partial charge in [-0.25, -0.2) is 0 Å². The lowest BCUT2D eigenvalue weighted by atomic mass is 9.96. The lowest BCUT2D eigenvalue weighted by molar-refractivity contribution is 0.522. The number of benzene rings is 1. The molecule has 1 aliphatic rings. The topological polar surface area (TPSA) is 24.9 Å². The van der Waals surface area contributed by atoms with Crippen molar-refractivity contribution >= 4 is 22.7 Å². The summed E-state index contributed by atoms with van der Waals surface area (Å²) in [6.07, 6.45) is 4.54. The average molecular weight is 272 g/mol. The van der Waals surface area contributed by atoms with Crippen molar-refractivity contribution in [3.63, 3.8) is 0 Å². The summed E-state index contributed by atoms with van der Waals surface area (Å²) in [4.78, 5) is 4.48. The van der Waals surface area contributed by atoms with Crippen LogP contribution >= 0.6 is 11.8 Å². The Morgan fingerprint density at radius 3 is 3.11 bits per heavy atom. The highest BCUT2D eigenvalue weighted by Gasteiger charge is 2.27. The third-order valence-electron chi connectivity index (χ3n) is 3.78. The fourth-order valence-electron chi connectivity index (χ4n) is 2.93. The van der Waals surface area contributed by atoms with E-state index in [4.69, 9.17) is 0 Å². The van der Waals surface area contributed by atoms with Crippen LogP contribution in [0.4, 0.5) is 0 Å². The Balaban J connectivity index is 2.03. The molecule has 1 aromatic heterocycles. The second kappa shape index (κ2) is 5.93. The molecule has 100 valence electrons. The maximum absolute atomic E-state index is 4.48. The van der Waals surface area contributed by atoms with Crippen LogP contribution in [0.25, 0.3) is 10.9 Å². The maximum atomic E-state index is 4.48. The monoisotopic (exact) mass is 272 g/mol. The van der Waals surface area contributed by atoms with Crippen LogP contribution in [-0.4, -0.2) is 22.5 Å². The fourth-order valence-corrected chi connectivity index (χ4v) is 4.33. The summed E-state index contributed by atoms with van der Waals surface area (Å²) >= 11 is 2.11. The highest BCUT2D eigenvalue weighted by Crippen LogP contribution is 2.37. The van der Waals surface area contributed by atoms with Gasteiger partial charge in [0, 0.05) is 22.9 Å². The van der Waals surface area contributed by atoms with Gasteiger partial charge in [0.2, 0.25) is 0 Å². The summed E-state index contributed by atoms with van der Waals surface area (Å²) in [5.74, 6) is 1.30. The highest BCUT2D eigenvalue weighted by atomic mass is 32.2. The van der Waals surface area contributed by atoms with Crippen molar-refractivity contribution in [2.45, 2.75) is 31.1 Å². The van der Waals surface area contributed by atoms with E-state index in [-0.39, 0.29) is 0 Å². The van der Waals surface area contributed by atoms with Crippen LogP contribution in [0.5, 0.6) is 0 Å². The van der Waals surface area contributed by atoms with Crippen LogP contribution in [0.3, 0.4) is 0 Å². The molecule has 1 aromatic carbocycles. The number of rotatable bonds is 4. The van der Waals surface area contributed by atoms with Gasteiger partial charge in [0.15, 0.2) is 0 Å². The largest absolute Gasteiger partial charge is 0.309 e. The van der Waals surface area contributed by atoms with Crippen molar-refractivity contribution < 1.29 is 0 Å². The predicted octanol–water partition coefficient (Wildman–Crippen LogP) is 3.78. The van der Waals surface area contributed by atoms with Crippen LogP contribution in [-0.2, 0) is 0 Å². The van der Waals surface area contributed by atoms with Crippen molar-refractivity contribution in [3.8, 4) is 0 Å². The average Bonchev–Trinajstić information content (AvgIpc) is 2.98. The summed E-state index contributed by atoms with van der Waals surface area (Å²) in [6.45, 7) is 3.20. The standard InChI is InChI=1S/C16H20N2S/c1-2-17-16(15-9-5-11-19-15)13-6-3-8-14-12(13)7-4-10-18-14/h3-4,6-8,10,15-17H,2,5,9,11H2,1H3. The molecule has 0 bridgehead atoms. The van der Waals surface area contributed by atoms with E-state index in [0.717, 1.165) is 12.1 Å². The van der Waals surface area contributed by atoms with Gasteiger partial charge in [-0.1, -0.05) is 25.1 Å². The van der Waals surface area contributed by atoms with Crippen LogP contribution in [0.15, 0.2) is 36.5 Å². The van der Waals surface area contributed by atoms with Gasteiger partial charge >= 0.3 is 0 Å². The number of nitrogens with zero attached hydrogens (tertiary/aromatic N) is 1. The minimum atomic E-state index is 0.449. The number of hydrogen-bond acceptors (Lipinski definition) is 3. The molecule has 2 atom stereocenters. The molecule has 3 rings (SSSR count). The Morgan fingerprint density at radius 2 is 2.32 bits per heavy atom. The number of pyridine rings is 1. The molecule has 19 heavy (non-hydrogen) atoms. The summed E-state index contributed by atoms with van der Waals surface area (Å²) < 4.78 is 0. The van der Waals surface area contributed by atoms with Crippen molar-refractivity contribution in [1.82, 2.24) is 10.3 Å². The third-order valence-corrected chi connectivity index (χ3v) is 5.24. The molecule has 0 radical (unpaired) electrons. The maximum Gasteiger partial charge on any atom is 0.0705 e. The Kier molecular flexibility index (Phi) is 4.04. The molecule has 3 heteroatoms. The number of hydrogen-bond donors (Lipinski definition) is 1. The van der Waals surface area contributed by atoms with E-state index in [1.54, 1.807) is 0 Å². The molecular formula is C16H20N2S. The van der Waals surface area contributed by atoms with Crippen LogP contribution in [0.1, 0.15) is 31.4 Å². The first kappa shape index (κ1) is 12.9. The first-order chi connectivity index (χ1) is 9.40. The molecule has 2 nitrogen and oxygen atoms in total. The van der Waals surface area contributed by atoms with Gasteiger partial charge in [-0.05, 0) is 42.8 Å². The van der Waals surface area contributed by atoms with Gasteiger partial charge in [0.1, 0.15) is 0 Å². The molecule has 0 aliphatic carbocycles. The second-order valence-corrected chi connectivity index (χ2v) is 6.35. The van der Waals surface area contributed by atoms with Crippen molar-refractivity contribution in [3.05, 3.63) is 42.1 Å². The Hall–Kier alpha value is -1.06. The molecular weight excluding hydrogens is 252 g/mol. The molecule has 2 heterocycles. The zero-order chi connectivity index (χ0) is 13.1. The molecule has 0 saturated carbocycles. The SMILES string of the molecule is CCNC(c1cccc2ncccc12)C1CCCS1. The van der Waals surface area contributed by atoms with Gasteiger partial charge in [-0.2, -0.15) is 11.8 Å². The summed E-state index contributed by atoms with van der Waals surface area (Å²) in [7, 11) is 0. The first-order valence-electron chi connectivity index (χ1n) is 7.09. The minimum absolute atomic E-state index is 0.449. The van der Waals surface area contributed by atoms with Gasteiger partial charge < -0.3 is 5.32 Å². The molecule has 2 aromatic rings. The van der Waals surface area contributed by atoms with Crippen LogP contribution in [0, 0.1) is 0 Å². The molecule has 1 aliphatic heterocycles. The molecule has 1 N–H and O–H groups in total. The minimum Gasteiger partial charge on any atom is -0.309 e. The molecule has 0 amide bonds. The van der Waals surface area contributed by atoms with E-state index in [1.165, 1.54) is 29.5 Å². The normalized spacial score (nSPS) is 20.8. The number of thioether (sulfide) groups is 1. The van der Waals surface area contributed by atoms with Gasteiger partial charge in [-0.15, -0.1) is 0 Å². The molecule has 2 unspecified atom stereocenters. The smallest absolute Gasteiger partial charge is 0.0705 e. The Bertz CT molecular complexity index is 544. The van der Waals surface area contributed by atoms with E-state index >= 15 is 0 Å². The van der Waals surface area contributed by atoms with Crippen molar-refractivity contribution in [1.29, 1.82) is 0 Å². The van der Waals surface area contributed by atoms with Crippen LogP contribution in [0.2, 0.25) is 0 Å². The number of fused-ring (bicyclic) bond motifs is 1. The van der Waals surface area contributed by atoms with E-state index in [0.29, 0.717) is 11.3 Å². The molecule has 1 fully saturated rings. The lowest BCUT2D eigenvalue weighted by Crippen LogP contribution is -2.29. The first-order valence-corrected chi connectivity index (χ1v) is 8.13. The van der Waals surface area contributed by atoms with E-state index in [1.807, 2.05) is 12.3 Å². The zero-order valence-corrected chi connectivity index (χ0v) is 12.1. The summed E-state index contributed by atoms with van der Waals surface area (Å²) in [6, 6.07) is 11.2. The van der Waals surface area contributed by atoms with Crippen LogP contribution < -0.4 is 5.32 Å². The summed E-state index contributed by atoms with van der Waals surface area (Å²) in [5.41, 5.74) is 2.51. The predicted molar refractivity (Wildman–Crippen MR) is 83.6 cm³/mol. The third kappa shape index (κ3) is 2.63. The Morgan fingerprint density at radius 1 is 1.37 bits per heavy atom. The zero-order valence-electron chi connectivity index (χ0n) is 11.3. The van der Waals surface area contributed by atoms with E-state index in [9.17, 15) is 0 Å². The quantitative estimate of drug-likeness (QED) is 0.917. The van der Waals surface area contributed by atoms with E-state index < -0.39 is 0 Å². The van der Waals surface area contributed by atoms with Gasteiger partial charge in [-0.3, -0.25) is 4.98 Å². The molecule has 0 spiro atoms. The molecule has 1 saturated heterocycles. The fraction of sp³-hybridized carbons (Fsp3) is 0.438. The van der Waals surface area contributed by atoms with E-state index in [2.05, 4.69) is 53.3 Å². The van der Waals surface area contributed by atoms with Crippen molar-refractivity contribution in [2.75, 3.05) is 12.3 Å². The number of aromatic nitrogens is 1. The lowest BCUT2D eigenvalue weighted by Gasteiger charge is -2.25.